The van der Waals surface area contributed by atoms with Crippen LogP contribution in [0, 0.1) is 0 Å². The van der Waals surface area contributed by atoms with Crippen LogP contribution in [0.15, 0.2) is 24.3 Å². The van der Waals surface area contributed by atoms with E-state index in [-0.39, 0.29) is 12.6 Å². The lowest BCUT2D eigenvalue weighted by molar-refractivity contribution is -0.135. The minimum Gasteiger partial charge on any atom is -0.480 e. The van der Waals surface area contributed by atoms with E-state index in [1.807, 2.05) is 23.1 Å². The molecule has 0 radical (unpaired) electrons. The predicted molar refractivity (Wildman–Crippen MR) is 69.7 cm³/mol. The minimum absolute atomic E-state index is 0.0289. The highest BCUT2D eigenvalue weighted by atomic mass is 16.5. The summed E-state index contributed by atoms with van der Waals surface area (Å²) < 4.78 is 5.32. The van der Waals surface area contributed by atoms with Crippen LogP contribution in [0.4, 0.5) is 11.4 Å². The van der Waals surface area contributed by atoms with Gasteiger partial charge in [-0.05, 0) is 25.0 Å². The monoisotopic (exact) mass is 250 g/mol. The number of rotatable bonds is 4. The van der Waals surface area contributed by atoms with Gasteiger partial charge in [0.15, 0.2) is 0 Å². The van der Waals surface area contributed by atoms with Crippen LogP contribution in [-0.2, 0) is 9.53 Å². The van der Waals surface area contributed by atoms with E-state index >= 15 is 0 Å². The molecule has 0 unspecified atom stereocenters. The fourth-order valence-electron chi connectivity index (χ4n) is 2.30. The number of benzene rings is 1. The van der Waals surface area contributed by atoms with Crippen molar-refractivity contribution in [3.05, 3.63) is 24.3 Å². The van der Waals surface area contributed by atoms with E-state index in [0.717, 1.165) is 18.5 Å². The van der Waals surface area contributed by atoms with Gasteiger partial charge < -0.3 is 20.5 Å². The second-order valence-electron chi connectivity index (χ2n) is 4.42. The van der Waals surface area contributed by atoms with Crippen LogP contribution in [0.2, 0.25) is 0 Å². The lowest BCUT2D eigenvalue weighted by Gasteiger charge is -2.35. The average molecular weight is 250 g/mol. The van der Waals surface area contributed by atoms with Gasteiger partial charge >= 0.3 is 5.97 Å². The number of aliphatic carboxylic acids is 1. The zero-order chi connectivity index (χ0) is 13.0. The maximum absolute atomic E-state index is 11.0. The summed E-state index contributed by atoms with van der Waals surface area (Å²) in [5.74, 6) is -0.843. The molecule has 0 bridgehead atoms. The number of carboxylic acid groups (broad SMARTS) is 1. The maximum atomic E-state index is 11.0. The predicted octanol–water partition coefficient (Wildman–Crippen LogP) is 1.34. The zero-order valence-corrected chi connectivity index (χ0v) is 10.2. The van der Waals surface area contributed by atoms with Crippen molar-refractivity contribution in [1.29, 1.82) is 0 Å². The summed E-state index contributed by atoms with van der Waals surface area (Å²) in [6.45, 7) is 1.32. The summed E-state index contributed by atoms with van der Waals surface area (Å²) in [5, 5.41) is 9.05. The van der Waals surface area contributed by atoms with Crippen LogP contribution in [0.1, 0.15) is 12.8 Å². The second kappa shape index (κ2) is 5.73. The Kier molecular flexibility index (Phi) is 4.04. The van der Waals surface area contributed by atoms with E-state index in [2.05, 4.69) is 0 Å². The van der Waals surface area contributed by atoms with Crippen LogP contribution in [0.3, 0.4) is 0 Å². The normalized spacial score (nSPS) is 16.4. The van der Waals surface area contributed by atoms with Gasteiger partial charge in [0.25, 0.3) is 0 Å². The molecular weight excluding hydrogens is 232 g/mol. The van der Waals surface area contributed by atoms with Crippen molar-refractivity contribution in [3.8, 4) is 0 Å². The molecule has 2 rings (SSSR count). The fraction of sp³-hybridized carbons (Fsp3) is 0.462. The lowest BCUT2D eigenvalue weighted by atomic mass is 10.1. The molecule has 0 aromatic heterocycles. The van der Waals surface area contributed by atoms with Crippen LogP contribution in [0.5, 0.6) is 0 Å². The van der Waals surface area contributed by atoms with Crippen molar-refractivity contribution < 1.29 is 14.6 Å². The van der Waals surface area contributed by atoms with Gasteiger partial charge in [0.2, 0.25) is 0 Å². The van der Waals surface area contributed by atoms with Gasteiger partial charge in [-0.3, -0.25) is 4.79 Å². The SMILES string of the molecule is Nc1ccccc1N(CC(=O)O)C1CCOCC1. The van der Waals surface area contributed by atoms with Crippen molar-refractivity contribution in [2.45, 2.75) is 18.9 Å². The summed E-state index contributed by atoms with van der Waals surface area (Å²) >= 11 is 0. The Morgan fingerprint density at radius 3 is 2.67 bits per heavy atom. The first-order valence-corrected chi connectivity index (χ1v) is 6.09. The third kappa shape index (κ3) is 2.92. The molecule has 0 spiro atoms. The number of nitrogens with zero attached hydrogens (tertiary/aromatic N) is 1. The number of carbonyl (C=O) groups is 1. The molecule has 98 valence electrons. The summed E-state index contributed by atoms with van der Waals surface area (Å²) in [7, 11) is 0. The number of ether oxygens (including phenoxy) is 1. The highest BCUT2D eigenvalue weighted by Gasteiger charge is 2.24. The van der Waals surface area contributed by atoms with E-state index in [9.17, 15) is 4.79 Å². The summed E-state index contributed by atoms with van der Waals surface area (Å²) in [6.07, 6.45) is 1.67. The number of nitrogen functional groups attached to an aromatic ring is 1. The number of hydrogen-bond donors (Lipinski definition) is 2. The second-order valence-corrected chi connectivity index (χ2v) is 4.42. The van der Waals surface area contributed by atoms with E-state index in [4.69, 9.17) is 15.6 Å². The molecule has 3 N–H and O–H groups in total. The number of para-hydroxylation sites is 2. The molecule has 0 saturated carbocycles. The summed E-state index contributed by atoms with van der Waals surface area (Å²) in [4.78, 5) is 12.9. The number of anilines is 2. The Bertz CT molecular complexity index is 416. The molecule has 18 heavy (non-hydrogen) atoms. The lowest BCUT2D eigenvalue weighted by Crippen LogP contribution is -2.42. The average Bonchev–Trinajstić information content (AvgIpc) is 2.38. The van der Waals surface area contributed by atoms with Crippen molar-refractivity contribution >= 4 is 17.3 Å². The molecule has 5 nitrogen and oxygen atoms in total. The number of nitrogens with two attached hydrogens (primary N) is 1. The Hall–Kier alpha value is -1.75. The quantitative estimate of drug-likeness (QED) is 0.789. The molecule has 1 aliphatic rings. The molecule has 1 saturated heterocycles. The van der Waals surface area contributed by atoms with Gasteiger partial charge in [-0.2, -0.15) is 0 Å². The molecule has 0 atom stereocenters. The van der Waals surface area contributed by atoms with Crippen molar-refractivity contribution in [2.24, 2.45) is 0 Å². The van der Waals surface area contributed by atoms with E-state index < -0.39 is 5.97 Å². The first kappa shape index (κ1) is 12.7. The molecular formula is C13H18N2O3. The fourth-order valence-corrected chi connectivity index (χ4v) is 2.30. The van der Waals surface area contributed by atoms with E-state index in [0.29, 0.717) is 18.9 Å². The molecule has 1 aromatic carbocycles. The largest absolute Gasteiger partial charge is 0.480 e. The number of carboxylic acids is 1. The number of hydrogen-bond acceptors (Lipinski definition) is 4. The van der Waals surface area contributed by atoms with Crippen LogP contribution >= 0.6 is 0 Å². The van der Waals surface area contributed by atoms with E-state index in [1.54, 1.807) is 6.07 Å². The molecule has 0 amide bonds. The Balaban J connectivity index is 2.24. The minimum atomic E-state index is -0.843. The Morgan fingerprint density at radius 1 is 1.39 bits per heavy atom. The van der Waals surface area contributed by atoms with Crippen molar-refractivity contribution in [3.63, 3.8) is 0 Å². The van der Waals surface area contributed by atoms with Crippen molar-refractivity contribution in [1.82, 2.24) is 0 Å². The van der Waals surface area contributed by atoms with Crippen LogP contribution in [-0.4, -0.2) is 36.9 Å². The molecule has 5 heteroatoms. The summed E-state index contributed by atoms with van der Waals surface area (Å²) in [5.41, 5.74) is 7.35. The standard InChI is InChI=1S/C13H18N2O3/c14-11-3-1-2-4-12(11)15(9-13(16)17)10-5-7-18-8-6-10/h1-4,10H,5-9,14H2,(H,16,17). The van der Waals surface area contributed by atoms with Crippen LogP contribution < -0.4 is 10.6 Å². The van der Waals surface area contributed by atoms with Gasteiger partial charge in [0.1, 0.15) is 6.54 Å². The highest BCUT2D eigenvalue weighted by Crippen LogP contribution is 2.27. The maximum Gasteiger partial charge on any atom is 0.323 e. The van der Waals surface area contributed by atoms with Gasteiger partial charge in [-0.25, -0.2) is 0 Å². The Labute approximate surface area is 106 Å². The Morgan fingerprint density at radius 2 is 2.06 bits per heavy atom. The molecule has 0 aliphatic carbocycles. The van der Waals surface area contributed by atoms with Gasteiger partial charge in [0.05, 0.1) is 11.4 Å². The van der Waals surface area contributed by atoms with Crippen LogP contribution in [0.25, 0.3) is 0 Å². The molecule has 1 aromatic rings. The molecule has 1 heterocycles. The van der Waals surface area contributed by atoms with Gasteiger partial charge in [-0.1, -0.05) is 12.1 Å². The molecule has 1 aliphatic heterocycles. The highest BCUT2D eigenvalue weighted by molar-refractivity contribution is 5.77. The first-order chi connectivity index (χ1) is 8.68. The smallest absolute Gasteiger partial charge is 0.323 e. The molecule has 1 fully saturated rings. The van der Waals surface area contributed by atoms with Gasteiger partial charge in [0, 0.05) is 19.3 Å². The van der Waals surface area contributed by atoms with Gasteiger partial charge in [-0.15, -0.1) is 0 Å². The van der Waals surface area contributed by atoms with Crippen molar-refractivity contribution in [2.75, 3.05) is 30.4 Å². The topological polar surface area (TPSA) is 75.8 Å². The zero-order valence-electron chi connectivity index (χ0n) is 10.2. The third-order valence-electron chi connectivity index (χ3n) is 3.18. The van der Waals surface area contributed by atoms with E-state index in [1.165, 1.54) is 0 Å². The first-order valence-electron chi connectivity index (χ1n) is 6.09. The summed E-state index contributed by atoms with van der Waals surface area (Å²) in [6, 6.07) is 7.57. The third-order valence-corrected chi connectivity index (χ3v) is 3.18.